The lowest BCUT2D eigenvalue weighted by atomic mass is 9.88. The molecule has 4 nitrogen and oxygen atoms in total. The average Bonchev–Trinajstić information content (AvgIpc) is 2.38. The van der Waals surface area contributed by atoms with E-state index in [2.05, 4.69) is 10.2 Å². The van der Waals surface area contributed by atoms with Crippen LogP contribution < -0.4 is 5.32 Å². The molecule has 1 fully saturated rings. The maximum atomic E-state index is 12.5. The second kappa shape index (κ2) is 6.16. The predicted molar refractivity (Wildman–Crippen MR) is 85.2 cm³/mol. The van der Waals surface area contributed by atoms with E-state index in [0.29, 0.717) is 13.1 Å². The fourth-order valence-corrected chi connectivity index (χ4v) is 2.91. The molecule has 1 aliphatic rings. The van der Waals surface area contributed by atoms with E-state index < -0.39 is 11.0 Å². The lowest BCUT2D eigenvalue weighted by Gasteiger charge is -2.40. The van der Waals surface area contributed by atoms with Crippen LogP contribution in [0.3, 0.4) is 0 Å². The fraction of sp³-hybridized carbons (Fsp3) is 0.588. The van der Waals surface area contributed by atoms with Crippen LogP contribution in [0, 0.1) is 5.41 Å². The molecule has 0 saturated carbocycles. The Labute approximate surface area is 127 Å². The van der Waals surface area contributed by atoms with Gasteiger partial charge in [0, 0.05) is 18.8 Å². The number of piperidine rings is 1. The first kappa shape index (κ1) is 16.0. The molecule has 0 radical (unpaired) electrons. The number of anilines is 1. The van der Waals surface area contributed by atoms with Gasteiger partial charge in [-0.3, -0.25) is 9.69 Å². The standard InChI is InChI=1S/C17H26N2O2/c1-16(2,12-19-11-7-10-17(3,21)13-19)15(20)18-14-8-5-4-6-9-14/h4-6,8-9,21H,7,10-13H2,1-3H3,(H,18,20). The number of hydrogen-bond acceptors (Lipinski definition) is 3. The minimum Gasteiger partial charge on any atom is -0.389 e. The number of amides is 1. The highest BCUT2D eigenvalue weighted by Gasteiger charge is 2.35. The summed E-state index contributed by atoms with van der Waals surface area (Å²) in [4.78, 5) is 14.7. The van der Waals surface area contributed by atoms with Crippen molar-refractivity contribution in [2.75, 3.05) is 25.0 Å². The van der Waals surface area contributed by atoms with Gasteiger partial charge in [-0.05, 0) is 52.3 Å². The second-order valence-corrected chi connectivity index (χ2v) is 7.02. The van der Waals surface area contributed by atoms with Gasteiger partial charge in [0.25, 0.3) is 0 Å². The van der Waals surface area contributed by atoms with Crippen LogP contribution in [0.5, 0.6) is 0 Å². The van der Waals surface area contributed by atoms with Crippen LogP contribution in [0.15, 0.2) is 30.3 Å². The molecule has 0 aliphatic carbocycles. The molecule has 0 aromatic heterocycles. The van der Waals surface area contributed by atoms with Crippen molar-refractivity contribution in [3.05, 3.63) is 30.3 Å². The Morgan fingerprint density at radius 2 is 2.05 bits per heavy atom. The summed E-state index contributed by atoms with van der Waals surface area (Å²) >= 11 is 0. The summed E-state index contributed by atoms with van der Waals surface area (Å²) in [6, 6.07) is 9.52. The molecular weight excluding hydrogens is 264 g/mol. The smallest absolute Gasteiger partial charge is 0.231 e. The van der Waals surface area contributed by atoms with Gasteiger partial charge >= 0.3 is 0 Å². The molecule has 2 N–H and O–H groups in total. The van der Waals surface area contributed by atoms with E-state index in [1.165, 1.54) is 0 Å². The number of hydrogen-bond donors (Lipinski definition) is 2. The van der Waals surface area contributed by atoms with Crippen molar-refractivity contribution < 1.29 is 9.90 Å². The van der Waals surface area contributed by atoms with Gasteiger partial charge in [-0.1, -0.05) is 18.2 Å². The molecule has 0 spiro atoms. The van der Waals surface area contributed by atoms with Crippen molar-refractivity contribution in [3.8, 4) is 0 Å². The Kier molecular flexibility index (Phi) is 4.69. The first-order chi connectivity index (χ1) is 9.78. The van der Waals surface area contributed by atoms with Crippen molar-refractivity contribution in [1.82, 2.24) is 4.90 Å². The number of β-amino-alcohol motifs (C(OH)–C–C–N with tert-alkyl or cyclic N) is 1. The number of likely N-dealkylation sites (tertiary alicyclic amines) is 1. The van der Waals surface area contributed by atoms with Crippen LogP contribution in [-0.2, 0) is 4.79 Å². The molecule has 1 heterocycles. The zero-order valence-corrected chi connectivity index (χ0v) is 13.2. The number of nitrogens with zero attached hydrogens (tertiary/aromatic N) is 1. The van der Waals surface area contributed by atoms with E-state index in [0.717, 1.165) is 25.1 Å². The molecule has 1 atom stereocenters. The molecule has 1 aliphatic heterocycles. The molecule has 1 aromatic rings. The van der Waals surface area contributed by atoms with E-state index in [1.54, 1.807) is 0 Å². The van der Waals surface area contributed by atoms with Gasteiger partial charge < -0.3 is 10.4 Å². The van der Waals surface area contributed by atoms with E-state index in [1.807, 2.05) is 51.1 Å². The van der Waals surface area contributed by atoms with Gasteiger partial charge in [0.05, 0.1) is 11.0 Å². The van der Waals surface area contributed by atoms with E-state index in [9.17, 15) is 9.90 Å². The molecule has 1 unspecified atom stereocenters. The van der Waals surface area contributed by atoms with Gasteiger partial charge in [0.2, 0.25) is 5.91 Å². The van der Waals surface area contributed by atoms with Crippen LogP contribution >= 0.6 is 0 Å². The molecule has 0 bridgehead atoms. The summed E-state index contributed by atoms with van der Waals surface area (Å²) < 4.78 is 0. The number of rotatable bonds is 4. The Balaban J connectivity index is 1.96. The number of aliphatic hydroxyl groups is 1. The normalized spacial score (nSPS) is 23.8. The highest BCUT2D eigenvalue weighted by molar-refractivity contribution is 5.94. The molecule has 2 rings (SSSR count). The second-order valence-electron chi connectivity index (χ2n) is 7.02. The lowest BCUT2D eigenvalue weighted by molar-refractivity contribution is -0.126. The van der Waals surface area contributed by atoms with Crippen molar-refractivity contribution in [3.63, 3.8) is 0 Å². The first-order valence-electron chi connectivity index (χ1n) is 7.60. The Morgan fingerprint density at radius 3 is 2.67 bits per heavy atom. The zero-order valence-electron chi connectivity index (χ0n) is 13.2. The van der Waals surface area contributed by atoms with Gasteiger partial charge in [-0.15, -0.1) is 0 Å². The van der Waals surface area contributed by atoms with Crippen LogP contribution in [-0.4, -0.2) is 41.1 Å². The van der Waals surface area contributed by atoms with Crippen LogP contribution in [0.1, 0.15) is 33.6 Å². The number of para-hydroxylation sites is 1. The summed E-state index contributed by atoms with van der Waals surface area (Å²) in [7, 11) is 0. The van der Waals surface area contributed by atoms with Gasteiger partial charge in [-0.25, -0.2) is 0 Å². The number of nitrogens with one attached hydrogen (secondary N) is 1. The zero-order chi connectivity index (χ0) is 15.5. The Hall–Kier alpha value is -1.39. The van der Waals surface area contributed by atoms with Crippen LogP contribution in [0.4, 0.5) is 5.69 Å². The molecule has 1 amide bonds. The molecule has 116 valence electrons. The van der Waals surface area contributed by atoms with Crippen molar-refractivity contribution in [2.45, 2.75) is 39.2 Å². The van der Waals surface area contributed by atoms with Crippen molar-refractivity contribution in [1.29, 1.82) is 0 Å². The summed E-state index contributed by atoms with van der Waals surface area (Å²) in [5.41, 5.74) is -0.311. The molecule has 21 heavy (non-hydrogen) atoms. The molecule has 1 saturated heterocycles. The summed E-state index contributed by atoms with van der Waals surface area (Å²) in [5, 5.41) is 13.1. The predicted octanol–water partition coefficient (Wildman–Crippen LogP) is 2.50. The van der Waals surface area contributed by atoms with E-state index in [4.69, 9.17) is 0 Å². The summed E-state index contributed by atoms with van der Waals surface area (Å²) in [6.45, 7) is 8.01. The number of carbonyl (C=O) groups excluding carboxylic acids is 1. The minimum absolute atomic E-state index is 0.0129. The highest BCUT2D eigenvalue weighted by Crippen LogP contribution is 2.26. The third kappa shape index (κ3) is 4.55. The van der Waals surface area contributed by atoms with Gasteiger partial charge in [-0.2, -0.15) is 0 Å². The van der Waals surface area contributed by atoms with Crippen LogP contribution in [0.25, 0.3) is 0 Å². The summed E-state index contributed by atoms with van der Waals surface area (Å²) in [6.07, 6.45) is 1.81. The number of carbonyl (C=O) groups is 1. The fourth-order valence-electron chi connectivity index (χ4n) is 2.91. The van der Waals surface area contributed by atoms with E-state index in [-0.39, 0.29) is 5.91 Å². The molecular formula is C17H26N2O2. The van der Waals surface area contributed by atoms with Crippen LogP contribution in [0.2, 0.25) is 0 Å². The minimum atomic E-state index is -0.635. The SMILES string of the molecule is CC1(O)CCCN(CC(C)(C)C(=O)Nc2ccccc2)C1. The first-order valence-corrected chi connectivity index (χ1v) is 7.60. The summed E-state index contributed by atoms with van der Waals surface area (Å²) in [5.74, 6) is 0.0129. The number of benzene rings is 1. The third-order valence-electron chi connectivity index (χ3n) is 4.02. The molecule has 4 heteroatoms. The lowest BCUT2D eigenvalue weighted by Crippen LogP contribution is -2.51. The largest absolute Gasteiger partial charge is 0.389 e. The topological polar surface area (TPSA) is 52.6 Å². The quantitative estimate of drug-likeness (QED) is 0.896. The molecule has 1 aromatic carbocycles. The Bertz CT molecular complexity index is 483. The maximum Gasteiger partial charge on any atom is 0.231 e. The van der Waals surface area contributed by atoms with E-state index >= 15 is 0 Å². The highest BCUT2D eigenvalue weighted by atomic mass is 16.3. The van der Waals surface area contributed by atoms with Crippen molar-refractivity contribution >= 4 is 11.6 Å². The van der Waals surface area contributed by atoms with Gasteiger partial charge in [0.1, 0.15) is 0 Å². The maximum absolute atomic E-state index is 12.5. The van der Waals surface area contributed by atoms with Crippen molar-refractivity contribution in [2.24, 2.45) is 5.41 Å². The third-order valence-corrected chi connectivity index (χ3v) is 4.02. The monoisotopic (exact) mass is 290 g/mol. The average molecular weight is 290 g/mol. The Morgan fingerprint density at radius 1 is 1.38 bits per heavy atom. The van der Waals surface area contributed by atoms with Gasteiger partial charge in [0.15, 0.2) is 0 Å².